The number of hydrogen-bond acceptors (Lipinski definition) is 3. The Hall–Kier alpha value is -1.88. The highest BCUT2D eigenvalue weighted by Crippen LogP contribution is 2.35. The minimum atomic E-state index is -0.993. The molecule has 1 aromatic carbocycles. The third-order valence-electron chi connectivity index (χ3n) is 5.98. The molecule has 0 amide bonds. The molecule has 2 aliphatic rings. The molecule has 1 N–H and O–H groups in total. The maximum absolute atomic E-state index is 11.5. The Morgan fingerprint density at radius 1 is 1.36 bits per heavy atom. The van der Waals surface area contributed by atoms with Crippen molar-refractivity contribution < 1.29 is 5.11 Å². The second kappa shape index (κ2) is 7.51. The van der Waals surface area contributed by atoms with E-state index in [4.69, 9.17) is 11.6 Å². The molecule has 0 bridgehead atoms. The molecule has 0 radical (unpaired) electrons. The van der Waals surface area contributed by atoms with Crippen LogP contribution in [-0.2, 0) is 19.5 Å². The van der Waals surface area contributed by atoms with E-state index in [1.807, 2.05) is 25.3 Å². The SMILES string of the molecule is CCC1C=NC=CC(C(C)(O)Cn2c3c(c4cc(Cl)ccc42)CCN(C)C3)=C1. The predicted molar refractivity (Wildman–Crippen MR) is 117 cm³/mol. The zero-order valence-electron chi connectivity index (χ0n) is 16.8. The first-order valence-electron chi connectivity index (χ1n) is 10.0. The van der Waals surface area contributed by atoms with E-state index >= 15 is 0 Å². The number of aliphatic imine (C=N–C) groups is 1. The van der Waals surface area contributed by atoms with E-state index in [1.165, 1.54) is 16.6 Å². The molecule has 0 aliphatic carbocycles. The van der Waals surface area contributed by atoms with Gasteiger partial charge >= 0.3 is 0 Å². The van der Waals surface area contributed by atoms with Crippen molar-refractivity contribution in [2.24, 2.45) is 10.9 Å². The van der Waals surface area contributed by atoms with Crippen LogP contribution in [0.15, 0.2) is 47.1 Å². The fraction of sp³-hybridized carbons (Fsp3) is 0.435. The van der Waals surface area contributed by atoms with Crippen LogP contribution in [0.3, 0.4) is 0 Å². The number of fused-ring (bicyclic) bond motifs is 3. The maximum atomic E-state index is 11.5. The fourth-order valence-electron chi connectivity index (χ4n) is 4.32. The van der Waals surface area contributed by atoms with Gasteiger partial charge in [-0.05, 0) is 62.2 Å². The van der Waals surface area contributed by atoms with Gasteiger partial charge in [0.05, 0.1) is 6.54 Å². The molecule has 28 heavy (non-hydrogen) atoms. The molecule has 4 rings (SSSR count). The van der Waals surface area contributed by atoms with Gasteiger partial charge in [0.15, 0.2) is 0 Å². The number of nitrogens with zero attached hydrogens (tertiary/aromatic N) is 3. The average molecular weight is 398 g/mol. The molecule has 2 unspecified atom stereocenters. The quantitative estimate of drug-likeness (QED) is 0.820. The largest absolute Gasteiger partial charge is 0.384 e. The van der Waals surface area contributed by atoms with Crippen molar-refractivity contribution in [3.63, 3.8) is 0 Å². The molecule has 0 saturated carbocycles. The minimum absolute atomic E-state index is 0.247. The van der Waals surface area contributed by atoms with Crippen molar-refractivity contribution in [2.75, 3.05) is 13.6 Å². The number of allylic oxidation sites excluding steroid dienone is 1. The topological polar surface area (TPSA) is 40.8 Å². The highest BCUT2D eigenvalue weighted by molar-refractivity contribution is 6.31. The Kier molecular flexibility index (Phi) is 5.21. The summed E-state index contributed by atoms with van der Waals surface area (Å²) in [6, 6.07) is 6.09. The molecule has 0 spiro atoms. The summed E-state index contributed by atoms with van der Waals surface area (Å²) in [4.78, 5) is 6.66. The molecule has 5 heteroatoms. The number of halogens is 1. The van der Waals surface area contributed by atoms with E-state index < -0.39 is 5.60 Å². The Labute approximate surface area is 171 Å². The van der Waals surface area contributed by atoms with Crippen molar-refractivity contribution in [3.05, 3.63) is 58.4 Å². The van der Waals surface area contributed by atoms with Gasteiger partial charge in [0.1, 0.15) is 5.60 Å². The molecule has 4 nitrogen and oxygen atoms in total. The smallest absolute Gasteiger partial charge is 0.104 e. The van der Waals surface area contributed by atoms with Gasteiger partial charge in [0, 0.05) is 53.0 Å². The maximum Gasteiger partial charge on any atom is 0.104 e. The Morgan fingerprint density at radius 2 is 2.18 bits per heavy atom. The minimum Gasteiger partial charge on any atom is -0.384 e. The van der Waals surface area contributed by atoms with Crippen molar-refractivity contribution in [1.82, 2.24) is 9.47 Å². The van der Waals surface area contributed by atoms with E-state index in [1.54, 1.807) is 6.20 Å². The zero-order chi connectivity index (χ0) is 19.9. The third kappa shape index (κ3) is 3.57. The number of likely N-dealkylation sites (N-methyl/N-ethyl adjacent to an activating group) is 1. The monoisotopic (exact) mass is 397 g/mol. The molecule has 1 aromatic heterocycles. The highest BCUT2D eigenvalue weighted by atomic mass is 35.5. The van der Waals surface area contributed by atoms with Gasteiger partial charge < -0.3 is 14.6 Å². The van der Waals surface area contributed by atoms with Crippen LogP contribution in [0.25, 0.3) is 10.9 Å². The average Bonchev–Trinajstić information content (AvgIpc) is 2.83. The van der Waals surface area contributed by atoms with Gasteiger partial charge in [-0.2, -0.15) is 0 Å². The third-order valence-corrected chi connectivity index (χ3v) is 6.22. The van der Waals surface area contributed by atoms with Gasteiger partial charge in [-0.1, -0.05) is 24.6 Å². The molecule has 0 saturated heterocycles. The number of aromatic nitrogens is 1. The zero-order valence-corrected chi connectivity index (χ0v) is 17.6. The first-order valence-corrected chi connectivity index (χ1v) is 10.4. The lowest BCUT2D eigenvalue weighted by Gasteiger charge is -2.30. The lowest BCUT2D eigenvalue weighted by Crippen LogP contribution is -2.35. The predicted octanol–water partition coefficient (Wildman–Crippen LogP) is 4.58. The number of benzene rings is 1. The molecule has 2 atom stereocenters. The van der Waals surface area contributed by atoms with E-state index in [9.17, 15) is 5.11 Å². The standard InChI is InChI=1S/C23H28ClN3O/c1-4-16-11-17(7-9-25-13-16)23(2,28)15-27-21-6-5-18(24)12-20(21)19-8-10-26(3)14-22(19)27/h5-7,9,11-13,16,28H,4,8,10,14-15H2,1-3H3. The summed E-state index contributed by atoms with van der Waals surface area (Å²) in [5.41, 5.74) is 3.73. The molecule has 2 aromatic rings. The van der Waals surface area contributed by atoms with Crippen LogP contribution in [0.2, 0.25) is 5.02 Å². The Balaban J connectivity index is 1.79. The van der Waals surface area contributed by atoms with E-state index in [2.05, 4.69) is 46.6 Å². The summed E-state index contributed by atoms with van der Waals surface area (Å²) in [7, 11) is 2.15. The second-order valence-corrected chi connectivity index (χ2v) is 8.68. The van der Waals surface area contributed by atoms with Crippen LogP contribution >= 0.6 is 11.6 Å². The highest BCUT2D eigenvalue weighted by Gasteiger charge is 2.30. The van der Waals surface area contributed by atoms with Crippen molar-refractivity contribution >= 4 is 28.7 Å². The molecule has 2 aliphatic heterocycles. The summed E-state index contributed by atoms with van der Waals surface area (Å²) >= 11 is 6.30. The second-order valence-electron chi connectivity index (χ2n) is 8.24. The Bertz CT molecular complexity index is 983. The van der Waals surface area contributed by atoms with Gasteiger partial charge in [0.25, 0.3) is 0 Å². The molecular weight excluding hydrogens is 370 g/mol. The molecular formula is C23H28ClN3O. The van der Waals surface area contributed by atoms with Crippen LogP contribution in [-0.4, -0.2) is 40.0 Å². The summed E-state index contributed by atoms with van der Waals surface area (Å²) in [5.74, 6) is 0.247. The van der Waals surface area contributed by atoms with Crippen molar-refractivity contribution in [3.8, 4) is 0 Å². The normalized spacial score (nSPS) is 22.0. The number of rotatable bonds is 4. The first-order chi connectivity index (χ1) is 13.4. The molecule has 148 valence electrons. The van der Waals surface area contributed by atoms with Crippen LogP contribution < -0.4 is 0 Å². The van der Waals surface area contributed by atoms with Gasteiger partial charge in [0.2, 0.25) is 0 Å². The van der Waals surface area contributed by atoms with Gasteiger partial charge in [-0.25, -0.2) is 0 Å². The molecule has 3 heterocycles. The summed E-state index contributed by atoms with van der Waals surface area (Å²) in [6.07, 6.45) is 9.79. The lowest BCUT2D eigenvalue weighted by molar-refractivity contribution is 0.0819. The first kappa shape index (κ1) is 19.4. The summed E-state index contributed by atoms with van der Waals surface area (Å²) < 4.78 is 2.29. The van der Waals surface area contributed by atoms with Gasteiger partial charge in [-0.3, -0.25) is 4.99 Å². The van der Waals surface area contributed by atoms with E-state index in [-0.39, 0.29) is 5.92 Å². The van der Waals surface area contributed by atoms with Crippen LogP contribution in [0.5, 0.6) is 0 Å². The molecule has 0 fully saturated rings. The Morgan fingerprint density at radius 3 is 2.96 bits per heavy atom. The number of aliphatic hydroxyl groups is 1. The van der Waals surface area contributed by atoms with E-state index in [0.717, 1.165) is 42.0 Å². The van der Waals surface area contributed by atoms with E-state index in [0.29, 0.717) is 6.54 Å². The lowest BCUT2D eigenvalue weighted by atomic mass is 9.91. The van der Waals surface area contributed by atoms with Crippen LogP contribution in [0, 0.1) is 5.92 Å². The van der Waals surface area contributed by atoms with Gasteiger partial charge in [-0.15, -0.1) is 0 Å². The summed E-state index contributed by atoms with van der Waals surface area (Å²) in [5, 5.41) is 13.5. The fourth-order valence-corrected chi connectivity index (χ4v) is 4.49. The van der Waals surface area contributed by atoms with Crippen LogP contribution in [0.4, 0.5) is 0 Å². The summed E-state index contributed by atoms with van der Waals surface area (Å²) in [6.45, 7) is 6.47. The van der Waals surface area contributed by atoms with Crippen molar-refractivity contribution in [1.29, 1.82) is 0 Å². The van der Waals surface area contributed by atoms with Crippen LogP contribution in [0.1, 0.15) is 31.5 Å². The number of hydrogen-bond donors (Lipinski definition) is 1. The van der Waals surface area contributed by atoms with Crippen molar-refractivity contribution in [2.45, 2.75) is 45.4 Å².